The number of benzene rings is 2. The van der Waals surface area contributed by atoms with E-state index in [1.807, 2.05) is 55.1 Å². The van der Waals surface area contributed by atoms with Gasteiger partial charge in [0.15, 0.2) is 0 Å². The lowest BCUT2D eigenvalue weighted by atomic mass is 9.98. The predicted octanol–water partition coefficient (Wildman–Crippen LogP) is 3.48. The molecule has 4 nitrogen and oxygen atoms in total. The maximum absolute atomic E-state index is 12.3. The summed E-state index contributed by atoms with van der Waals surface area (Å²) in [6.07, 6.45) is 0.862. The van der Waals surface area contributed by atoms with E-state index in [4.69, 9.17) is 0 Å². The summed E-state index contributed by atoms with van der Waals surface area (Å²) in [7, 11) is 0. The zero-order valence-corrected chi connectivity index (χ0v) is 14.1. The molecule has 24 heavy (non-hydrogen) atoms. The van der Waals surface area contributed by atoms with Crippen LogP contribution < -0.4 is 5.32 Å². The van der Waals surface area contributed by atoms with Gasteiger partial charge in [0.05, 0.1) is 0 Å². The van der Waals surface area contributed by atoms with Crippen molar-refractivity contribution in [2.45, 2.75) is 26.8 Å². The van der Waals surface area contributed by atoms with Crippen LogP contribution in [0.25, 0.3) is 0 Å². The number of nitrogens with zero attached hydrogens (tertiary/aromatic N) is 1. The molecule has 1 aliphatic heterocycles. The molecule has 1 aliphatic rings. The second kappa shape index (κ2) is 6.87. The molecule has 0 fully saturated rings. The van der Waals surface area contributed by atoms with Crippen molar-refractivity contribution >= 4 is 17.5 Å². The van der Waals surface area contributed by atoms with Gasteiger partial charge in [-0.15, -0.1) is 0 Å². The van der Waals surface area contributed by atoms with Crippen LogP contribution in [0, 0.1) is 5.92 Å². The van der Waals surface area contributed by atoms with Gasteiger partial charge in [0, 0.05) is 30.3 Å². The number of hydrogen-bond donors (Lipinski definition) is 1. The van der Waals surface area contributed by atoms with Gasteiger partial charge >= 0.3 is 0 Å². The third kappa shape index (κ3) is 3.48. The van der Waals surface area contributed by atoms with Crippen molar-refractivity contribution in [2.75, 3.05) is 11.9 Å². The number of carbonyl (C=O) groups is 2. The van der Waals surface area contributed by atoms with E-state index in [2.05, 4.69) is 5.32 Å². The highest BCUT2D eigenvalue weighted by Gasteiger charge is 2.22. The Hall–Kier alpha value is -2.62. The summed E-state index contributed by atoms with van der Waals surface area (Å²) in [6.45, 7) is 5.23. The highest BCUT2D eigenvalue weighted by Crippen LogP contribution is 2.24. The first-order valence-electron chi connectivity index (χ1n) is 8.31. The molecule has 0 unspecified atom stereocenters. The van der Waals surface area contributed by atoms with Crippen LogP contribution in [0.2, 0.25) is 0 Å². The standard InChI is InChI=1S/C20H22N2O2/c1-14(2)20(24)22-11-10-15-8-9-18(12-17(15)13-22)21-19(23)16-6-4-3-5-7-16/h3-9,12,14H,10-11,13H2,1-2H3,(H,21,23). The van der Waals surface area contributed by atoms with E-state index in [0.717, 1.165) is 24.2 Å². The van der Waals surface area contributed by atoms with Crippen molar-refractivity contribution in [2.24, 2.45) is 5.92 Å². The summed E-state index contributed by atoms with van der Waals surface area (Å²) in [5.74, 6) is 0.0633. The summed E-state index contributed by atoms with van der Waals surface area (Å²) in [5.41, 5.74) is 3.76. The molecule has 2 amide bonds. The number of fused-ring (bicyclic) bond motifs is 1. The molecular weight excluding hydrogens is 300 g/mol. The van der Waals surface area contributed by atoms with Crippen LogP contribution in [-0.4, -0.2) is 23.3 Å². The maximum atomic E-state index is 12.3. The van der Waals surface area contributed by atoms with Crippen molar-refractivity contribution in [1.29, 1.82) is 0 Å². The van der Waals surface area contributed by atoms with Crippen LogP contribution >= 0.6 is 0 Å². The Labute approximate surface area is 142 Å². The lowest BCUT2D eigenvalue weighted by molar-refractivity contribution is -0.135. The summed E-state index contributed by atoms with van der Waals surface area (Å²) < 4.78 is 0. The maximum Gasteiger partial charge on any atom is 0.255 e. The number of hydrogen-bond acceptors (Lipinski definition) is 2. The van der Waals surface area contributed by atoms with E-state index in [1.54, 1.807) is 12.1 Å². The first kappa shape index (κ1) is 16.2. The first-order valence-corrected chi connectivity index (χ1v) is 8.31. The molecule has 0 atom stereocenters. The van der Waals surface area contributed by atoms with Gasteiger partial charge in [0.25, 0.3) is 5.91 Å². The Balaban J connectivity index is 1.75. The Kier molecular flexibility index (Phi) is 4.65. The van der Waals surface area contributed by atoms with Gasteiger partial charge in [-0.2, -0.15) is 0 Å². The number of carbonyl (C=O) groups excluding carboxylic acids is 2. The number of nitrogens with one attached hydrogen (secondary N) is 1. The summed E-state index contributed by atoms with van der Waals surface area (Å²) in [5, 5.41) is 2.93. The van der Waals surface area contributed by atoms with Crippen molar-refractivity contribution in [3.8, 4) is 0 Å². The normalized spacial score (nSPS) is 13.5. The first-order chi connectivity index (χ1) is 11.5. The molecule has 0 spiro atoms. The average Bonchev–Trinajstić information content (AvgIpc) is 2.61. The molecule has 0 aromatic heterocycles. The van der Waals surface area contributed by atoms with E-state index in [9.17, 15) is 9.59 Å². The van der Waals surface area contributed by atoms with E-state index in [0.29, 0.717) is 12.1 Å². The Morgan fingerprint density at radius 3 is 2.50 bits per heavy atom. The van der Waals surface area contributed by atoms with E-state index in [-0.39, 0.29) is 17.7 Å². The predicted molar refractivity (Wildman–Crippen MR) is 94.8 cm³/mol. The van der Waals surface area contributed by atoms with Gasteiger partial charge in [-0.1, -0.05) is 38.1 Å². The monoisotopic (exact) mass is 322 g/mol. The van der Waals surface area contributed by atoms with Crippen molar-refractivity contribution in [3.05, 3.63) is 65.2 Å². The molecule has 1 heterocycles. The SMILES string of the molecule is CC(C)C(=O)N1CCc2ccc(NC(=O)c3ccccc3)cc2C1. The van der Waals surface area contributed by atoms with Crippen LogP contribution in [-0.2, 0) is 17.8 Å². The zero-order valence-electron chi connectivity index (χ0n) is 14.1. The fraction of sp³-hybridized carbons (Fsp3) is 0.300. The fourth-order valence-electron chi connectivity index (χ4n) is 2.98. The third-order valence-electron chi connectivity index (χ3n) is 4.32. The molecule has 0 saturated heterocycles. The highest BCUT2D eigenvalue weighted by atomic mass is 16.2. The minimum atomic E-state index is -0.124. The summed E-state index contributed by atoms with van der Waals surface area (Å²) in [4.78, 5) is 26.4. The topological polar surface area (TPSA) is 49.4 Å². The van der Waals surface area contributed by atoms with Crippen molar-refractivity contribution in [3.63, 3.8) is 0 Å². The molecule has 1 N–H and O–H groups in total. The molecule has 4 heteroatoms. The molecule has 0 aliphatic carbocycles. The molecule has 0 bridgehead atoms. The van der Waals surface area contributed by atoms with Gasteiger partial charge in [0.1, 0.15) is 0 Å². The average molecular weight is 322 g/mol. The molecule has 3 rings (SSSR count). The van der Waals surface area contributed by atoms with Gasteiger partial charge in [0.2, 0.25) is 5.91 Å². The van der Waals surface area contributed by atoms with E-state index in [1.165, 1.54) is 5.56 Å². The van der Waals surface area contributed by atoms with Gasteiger partial charge in [-0.25, -0.2) is 0 Å². The summed E-state index contributed by atoms with van der Waals surface area (Å²) >= 11 is 0. The second-order valence-electron chi connectivity index (χ2n) is 6.47. The Morgan fingerprint density at radius 2 is 1.79 bits per heavy atom. The van der Waals surface area contributed by atoms with E-state index >= 15 is 0 Å². The van der Waals surface area contributed by atoms with Crippen LogP contribution in [0.1, 0.15) is 35.3 Å². The molecule has 0 radical (unpaired) electrons. The lowest BCUT2D eigenvalue weighted by Gasteiger charge is -2.30. The Morgan fingerprint density at radius 1 is 1.04 bits per heavy atom. The Bertz CT molecular complexity index is 753. The molecule has 2 aromatic rings. The van der Waals surface area contributed by atoms with E-state index < -0.39 is 0 Å². The van der Waals surface area contributed by atoms with Crippen LogP contribution in [0.3, 0.4) is 0 Å². The molecule has 124 valence electrons. The minimum Gasteiger partial charge on any atom is -0.338 e. The number of amides is 2. The van der Waals surface area contributed by atoms with Crippen molar-refractivity contribution in [1.82, 2.24) is 4.90 Å². The zero-order chi connectivity index (χ0) is 17.1. The largest absolute Gasteiger partial charge is 0.338 e. The fourth-order valence-corrected chi connectivity index (χ4v) is 2.98. The minimum absolute atomic E-state index is 0.00696. The van der Waals surface area contributed by atoms with Gasteiger partial charge in [-0.05, 0) is 41.8 Å². The van der Waals surface area contributed by atoms with Crippen molar-refractivity contribution < 1.29 is 9.59 Å². The molecular formula is C20H22N2O2. The van der Waals surface area contributed by atoms with Gasteiger partial charge in [-0.3, -0.25) is 9.59 Å². The van der Waals surface area contributed by atoms with Crippen LogP contribution in [0.15, 0.2) is 48.5 Å². The third-order valence-corrected chi connectivity index (χ3v) is 4.32. The molecule has 2 aromatic carbocycles. The number of rotatable bonds is 3. The second-order valence-corrected chi connectivity index (χ2v) is 6.47. The van der Waals surface area contributed by atoms with Gasteiger partial charge < -0.3 is 10.2 Å². The van der Waals surface area contributed by atoms with Crippen LogP contribution in [0.4, 0.5) is 5.69 Å². The lowest BCUT2D eigenvalue weighted by Crippen LogP contribution is -2.38. The smallest absolute Gasteiger partial charge is 0.255 e. The summed E-state index contributed by atoms with van der Waals surface area (Å²) in [6, 6.07) is 15.1. The number of anilines is 1. The van der Waals surface area contributed by atoms with Crippen LogP contribution in [0.5, 0.6) is 0 Å². The quantitative estimate of drug-likeness (QED) is 0.940. The molecule has 0 saturated carbocycles. The highest BCUT2D eigenvalue weighted by molar-refractivity contribution is 6.04.